The molecule has 0 heterocycles. The molecule has 0 aliphatic heterocycles. The SMILES string of the molecule is CNc1ccccc1C(=O)OCCOc1ccc(OC)cc1. The summed E-state index contributed by atoms with van der Waals surface area (Å²) < 4.78 is 15.8. The second-order valence-electron chi connectivity index (χ2n) is 4.46. The van der Waals surface area contributed by atoms with Gasteiger partial charge in [0.25, 0.3) is 0 Å². The highest BCUT2D eigenvalue weighted by Crippen LogP contribution is 2.17. The van der Waals surface area contributed by atoms with Gasteiger partial charge in [0.2, 0.25) is 0 Å². The number of rotatable bonds is 7. The highest BCUT2D eigenvalue weighted by Gasteiger charge is 2.11. The summed E-state index contributed by atoms with van der Waals surface area (Å²) in [6.07, 6.45) is 0. The Morgan fingerprint density at radius 2 is 1.68 bits per heavy atom. The monoisotopic (exact) mass is 301 g/mol. The van der Waals surface area contributed by atoms with Crippen LogP contribution < -0.4 is 14.8 Å². The minimum absolute atomic E-state index is 0.183. The van der Waals surface area contributed by atoms with Crippen molar-refractivity contribution in [1.82, 2.24) is 0 Å². The highest BCUT2D eigenvalue weighted by atomic mass is 16.6. The predicted molar refractivity (Wildman–Crippen MR) is 84.8 cm³/mol. The van der Waals surface area contributed by atoms with Crippen molar-refractivity contribution >= 4 is 11.7 Å². The molecule has 0 fully saturated rings. The third-order valence-electron chi connectivity index (χ3n) is 3.06. The summed E-state index contributed by atoms with van der Waals surface area (Å²) in [5.74, 6) is 1.10. The number of carbonyl (C=O) groups excluding carboxylic acids is 1. The molecule has 0 atom stereocenters. The molecule has 2 aromatic rings. The minimum Gasteiger partial charge on any atom is -0.497 e. The zero-order valence-corrected chi connectivity index (χ0v) is 12.7. The molecule has 0 spiro atoms. The molecule has 2 aromatic carbocycles. The van der Waals surface area contributed by atoms with Crippen LogP contribution in [0.1, 0.15) is 10.4 Å². The zero-order valence-electron chi connectivity index (χ0n) is 12.7. The van der Waals surface area contributed by atoms with Gasteiger partial charge in [0.1, 0.15) is 24.7 Å². The van der Waals surface area contributed by atoms with Crippen LogP contribution in [0.3, 0.4) is 0 Å². The Kier molecular flexibility index (Phi) is 5.65. The van der Waals surface area contributed by atoms with Crippen molar-refractivity contribution in [2.75, 3.05) is 32.7 Å². The molecular formula is C17H19NO4. The first kappa shape index (κ1) is 15.7. The van der Waals surface area contributed by atoms with Crippen molar-refractivity contribution in [1.29, 1.82) is 0 Å². The van der Waals surface area contributed by atoms with E-state index in [9.17, 15) is 4.79 Å². The summed E-state index contributed by atoms with van der Waals surface area (Å²) in [7, 11) is 3.37. The van der Waals surface area contributed by atoms with E-state index < -0.39 is 0 Å². The minimum atomic E-state index is -0.372. The lowest BCUT2D eigenvalue weighted by Gasteiger charge is -2.10. The molecule has 0 radical (unpaired) electrons. The summed E-state index contributed by atoms with van der Waals surface area (Å²) in [6.45, 7) is 0.475. The molecule has 0 aliphatic rings. The van der Waals surface area contributed by atoms with Crippen LogP contribution >= 0.6 is 0 Å². The van der Waals surface area contributed by atoms with Crippen molar-refractivity contribution in [3.63, 3.8) is 0 Å². The molecular weight excluding hydrogens is 282 g/mol. The number of nitrogens with one attached hydrogen (secondary N) is 1. The molecule has 1 N–H and O–H groups in total. The number of hydrogen-bond donors (Lipinski definition) is 1. The molecule has 0 bridgehead atoms. The molecule has 2 rings (SSSR count). The molecule has 0 saturated heterocycles. The molecule has 5 nitrogen and oxygen atoms in total. The van der Waals surface area contributed by atoms with E-state index in [4.69, 9.17) is 14.2 Å². The fourth-order valence-corrected chi connectivity index (χ4v) is 1.92. The summed E-state index contributed by atoms with van der Waals surface area (Å²) in [4.78, 5) is 12.0. The van der Waals surface area contributed by atoms with Gasteiger partial charge in [-0.15, -0.1) is 0 Å². The van der Waals surface area contributed by atoms with Gasteiger partial charge in [-0.25, -0.2) is 4.79 Å². The molecule has 116 valence electrons. The first-order valence-corrected chi connectivity index (χ1v) is 6.95. The quantitative estimate of drug-likeness (QED) is 0.629. The fourth-order valence-electron chi connectivity index (χ4n) is 1.92. The molecule has 0 aromatic heterocycles. The van der Waals surface area contributed by atoms with Crippen LogP contribution in [0, 0.1) is 0 Å². The van der Waals surface area contributed by atoms with Crippen LogP contribution in [0.4, 0.5) is 5.69 Å². The maximum absolute atomic E-state index is 12.0. The smallest absolute Gasteiger partial charge is 0.340 e. The van der Waals surface area contributed by atoms with Gasteiger partial charge in [-0.2, -0.15) is 0 Å². The summed E-state index contributed by atoms with van der Waals surface area (Å²) in [5.41, 5.74) is 1.25. The number of para-hydroxylation sites is 1. The maximum atomic E-state index is 12.0. The molecule has 0 aliphatic carbocycles. The Morgan fingerprint density at radius 1 is 1.00 bits per heavy atom. The molecule has 0 saturated carbocycles. The summed E-state index contributed by atoms with van der Waals surface area (Å²) in [5, 5.41) is 2.96. The summed E-state index contributed by atoms with van der Waals surface area (Å²) in [6, 6.07) is 14.4. The lowest BCUT2D eigenvalue weighted by Crippen LogP contribution is -2.13. The first-order valence-electron chi connectivity index (χ1n) is 6.95. The standard InChI is InChI=1S/C17H19NO4/c1-18-16-6-4-3-5-15(16)17(19)22-12-11-21-14-9-7-13(20-2)8-10-14/h3-10,18H,11-12H2,1-2H3. The number of methoxy groups -OCH3 is 1. The van der Waals surface area contributed by atoms with Crippen LogP contribution in [0.2, 0.25) is 0 Å². The van der Waals surface area contributed by atoms with Gasteiger partial charge in [0.15, 0.2) is 0 Å². The first-order chi connectivity index (χ1) is 10.7. The zero-order chi connectivity index (χ0) is 15.8. The Morgan fingerprint density at radius 3 is 2.36 bits per heavy atom. The third-order valence-corrected chi connectivity index (χ3v) is 3.06. The number of hydrogen-bond acceptors (Lipinski definition) is 5. The van der Waals surface area contributed by atoms with Crippen molar-refractivity contribution in [3.05, 3.63) is 54.1 Å². The van der Waals surface area contributed by atoms with Gasteiger partial charge in [-0.1, -0.05) is 12.1 Å². The predicted octanol–water partition coefficient (Wildman–Crippen LogP) is 2.97. The molecule has 22 heavy (non-hydrogen) atoms. The van der Waals surface area contributed by atoms with Gasteiger partial charge in [-0.05, 0) is 36.4 Å². The van der Waals surface area contributed by atoms with Gasteiger partial charge in [0.05, 0.1) is 12.7 Å². The number of benzene rings is 2. The van der Waals surface area contributed by atoms with Crippen LogP contribution in [-0.2, 0) is 4.74 Å². The topological polar surface area (TPSA) is 56.8 Å². The fraction of sp³-hybridized carbons (Fsp3) is 0.235. The van der Waals surface area contributed by atoms with Crippen LogP contribution in [0.5, 0.6) is 11.5 Å². The molecule has 0 unspecified atom stereocenters. The molecule has 0 amide bonds. The average Bonchev–Trinajstić information content (AvgIpc) is 2.59. The van der Waals surface area contributed by atoms with Crippen LogP contribution in [-0.4, -0.2) is 33.3 Å². The van der Waals surface area contributed by atoms with Gasteiger partial charge in [0, 0.05) is 12.7 Å². The normalized spacial score (nSPS) is 9.91. The van der Waals surface area contributed by atoms with Gasteiger partial charge in [-0.3, -0.25) is 0 Å². The number of anilines is 1. The van der Waals surface area contributed by atoms with E-state index in [1.54, 1.807) is 38.4 Å². The Balaban J connectivity index is 1.79. The Bertz CT molecular complexity index is 610. The van der Waals surface area contributed by atoms with E-state index in [0.717, 1.165) is 11.4 Å². The van der Waals surface area contributed by atoms with Crippen molar-refractivity contribution in [2.45, 2.75) is 0 Å². The van der Waals surface area contributed by atoms with E-state index >= 15 is 0 Å². The number of esters is 1. The van der Waals surface area contributed by atoms with Crippen LogP contribution in [0.25, 0.3) is 0 Å². The average molecular weight is 301 g/mol. The number of carbonyl (C=O) groups is 1. The van der Waals surface area contributed by atoms with Gasteiger partial charge >= 0.3 is 5.97 Å². The molecule has 5 heteroatoms. The van der Waals surface area contributed by atoms with Crippen molar-refractivity contribution in [3.8, 4) is 11.5 Å². The second kappa shape index (κ2) is 7.93. The van der Waals surface area contributed by atoms with E-state index in [-0.39, 0.29) is 12.6 Å². The largest absolute Gasteiger partial charge is 0.497 e. The maximum Gasteiger partial charge on any atom is 0.340 e. The second-order valence-corrected chi connectivity index (χ2v) is 4.46. The van der Waals surface area contributed by atoms with Gasteiger partial charge < -0.3 is 19.5 Å². The lowest BCUT2D eigenvalue weighted by atomic mass is 10.2. The Hall–Kier alpha value is -2.69. The van der Waals surface area contributed by atoms with Crippen molar-refractivity contribution < 1.29 is 19.0 Å². The van der Waals surface area contributed by atoms with Crippen molar-refractivity contribution in [2.24, 2.45) is 0 Å². The van der Waals surface area contributed by atoms with Crippen LogP contribution in [0.15, 0.2) is 48.5 Å². The highest BCUT2D eigenvalue weighted by molar-refractivity contribution is 5.95. The summed E-state index contributed by atoms with van der Waals surface area (Å²) >= 11 is 0. The van der Waals surface area contributed by atoms with E-state index in [1.807, 2.05) is 24.3 Å². The Labute approximate surface area is 129 Å². The van der Waals surface area contributed by atoms with E-state index in [2.05, 4.69) is 5.32 Å². The van der Waals surface area contributed by atoms with E-state index in [1.165, 1.54) is 0 Å². The number of ether oxygens (including phenoxy) is 3. The lowest BCUT2D eigenvalue weighted by molar-refractivity contribution is 0.0451. The van der Waals surface area contributed by atoms with E-state index in [0.29, 0.717) is 17.9 Å². The third kappa shape index (κ3) is 4.15.